The molecule has 0 aliphatic rings. The number of aromatic nitrogens is 1. The van der Waals surface area contributed by atoms with E-state index in [1.165, 1.54) is 24.3 Å². The van der Waals surface area contributed by atoms with Crippen LogP contribution in [0.5, 0.6) is 0 Å². The van der Waals surface area contributed by atoms with Crippen molar-refractivity contribution >= 4 is 44.8 Å². The largest absolute Gasteiger partial charge is 0.359 e. The summed E-state index contributed by atoms with van der Waals surface area (Å²) >= 11 is 12.1. The number of hydrogen-bond acceptors (Lipinski definition) is 5. The van der Waals surface area contributed by atoms with E-state index in [2.05, 4.69) is 17.1 Å². The van der Waals surface area contributed by atoms with Gasteiger partial charge in [-0.3, -0.25) is 9.10 Å². The van der Waals surface area contributed by atoms with Crippen LogP contribution in [0.2, 0.25) is 10.0 Å². The summed E-state index contributed by atoms with van der Waals surface area (Å²) in [7, 11) is -4.10. The lowest BCUT2D eigenvalue weighted by Crippen LogP contribution is -2.31. The highest BCUT2D eigenvalue weighted by molar-refractivity contribution is 7.93. The van der Waals surface area contributed by atoms with Crippen LogP contribution >= 0.6 is 23.2 Å². The maximum absolute atomic E-state index is 13.4. The molecule has 3 aromatic rings. The van der Waals surface area contributed by atoms with Gasteiger partial charge < -0.3 is 9.84 Å². The maximum atomic E-state index is 13.4. The third-order valence-electron chi connectivity index (χ3n) is 4.27. The van der Waals surface area contributed by atoms with Gasteiger partial charge in [-0.15, -0.1) is 6.58 Å². The fourth-order valence-corrected chi connectivity index (χ4v) is 4.86. The first-order valence-corrected chi connectivity index (χ1v) is 11.3. The van der Waals surface area contributed by atoms with Crippen molar-refractivity contribution in [3.63, 3.8) is 0 Å². The van der Waals surface area contributed by atoms with Gasteiger partial charge in [0.1, 0.15) is 4.90 Å². The van der Waals surface area contributed by atoms with Crippen molar-refractivity contribution in [2.45, 2.75) is 18.4 Å². The van der Waals surface area contributed by atoms with Crippen molar-refractivity contribution in [3.05, 3.63) is 88.2 Å². The number of amides is 1. The van der Waals surface area contributed by atoms with E-state index in [9.17, 15) is 13.2 Å². The number of hydrogen-bond donors (Lipinski definition) is 1. The zero-order valence-corrected chi connectivity index (χ0v) is 18.8. The van der Waals surface area contributed by atoms with Gasteiger partial charge >= 0.3 is 0 Å². The highest BCUT2D eigenvalue weighted by Crippen LogP contribution is 2.30. The molecule has 1 heterocycles. The molecule has 1 amide bonds. The highest BCUT2D eigenvalue weighted by atomic mass is 35.5. The molecule has 0 bridgehead atoms. The molecule has 10 heteroatoms. The number of benzene rings is 2. The molecular formula is C21H19Cl2N3O4S. The topological polar surface area (TPSA) is 92.5 Å². The van der Waals surface area contributed by atoms with Crippen LogP contribution < -0.4 is 9.62 Å². The number of sulfonamides is 1. The molecule has 2 aromatic carbocycles. The second-order valence-electron chi connectivity index (χ2n) is 6.56. The quantitative estimate of drug-likeness (QED) is 0.476. The summed E-state index contributed by atoms with van der Waals surface area (Å²) in [6, 6.07) is 12.1. The van der Waals surface area contributed by atoms with Gasteiger partial charge in [-0.1, -0.05) is 34.4 Å². The molecule has 0 saturated heterocycles. The smallest absolute Gasteiger partial charge is 0.266 e. The molecule has 7 nitrogen and oxygen atoms in total. The summed E-state index contributed by atoms with van der Waals surface area (Å²) in [4.78, 5) is 12.4. The van der Waals surface area contributed by atoms with E-state index in [0.717, 1.165) is 4.31 Å². The first kappa shape index (κ1) is 22.9. The third-order valence-corrected chi connectivity index (χ3v) is 6.80. The van der Waals surface area contributed by atoms with Crippen LogP contribution in [0.1, 0.15) is 21.8 Å². The molecule has 0 aliphatic carbocycles. The molecule has 0 aliphatic heterocycles. The lowest BCUT2D eigenvalue weighted by molar-refractivity contribution is 0.0947. The van der Waals surface area contributed by atoms with Crippen LogP contribution in [0.25, 0.3) is 0 Å². The van der Waals surface area contributed by atoms with Crippen LogP contribution in [0.15, 0.2) is 70.6 Å². The van der Waals surface area contributed by atoms with E-state index in [1.54, 1.807) is 37.3 Å². The lowest BCUT2D eigenvalue weighted by Gasteiger charge is -2.24. The maximum Gasteiger partial charge on any atom is 0.266 e. The standard InChI is InChI=1S/C21H19Cl2N3O4S/c1-3-10-26(17-7-5-16(22)6-8-17)31(28,29)20-12-15(4-9-19(20)23)21(27)24-13-18-11-14(2)25-30-18/h3-9,11-12H,1,10,13H2,2H3,(H,24,27). The normalized spacial score (nSPS) is 11.2. The summed E-state index contributed by atoms with van der Waals surface area (Å²) in [5.74, 6) is -0.00325. The van der Waals surface area contributed by atoms with Gasteiger partial charge in [0, 0.05) is 16.7 Å². The number of carbonyl (C=O) groups is 1. The molecule has 1 aromatic heterocycles. The second-order valence-corrected chi connectivity index (χ2v) is 9.24. The van der Waals surface area contributed by atoms with Crippen molar-refractivity contribution < 1.29 is 17.7 Å². The lowest BCUT2D eigenvalue weighted by atomic mass is 10.2. The fraction of sp³-hybridized carbons (Fsp3) is 0.143. The van der Waals surface area contributed by atoms with Gasteiger partial charge in [0.15, 0.2) is 5.76 Å². The average Bonchev–Trinajstić information content (AvgIpc) is 3.16. The number of anilines is 1. The molecule has 0 atom stereocenters. The minimum absolute atomic E-state index is 0.00155. The number of aryl methyl sites for hydroxylation is 1. The zero-order chi connectivity index (χ0) is 22.6. The van der Waals surface area contributed by atoms with Crippen molar-refractivity contribution in [3.8, 4) is 0 Å². The summed E-state index contributed by atoms with van der Waals surface area (Å²) < 4.78 is 33.0. The Morgan fingerprint density at radius 3 is 2.52 bits per heavy atom. The summed E-state index contributed by atoms with van der Waals surface area (Å²) in [6.45, 7) is 5.51. The van der Waals surface area contributed by atoms with Gasteiger partial charge in [0.05, 0.1) is 29.5 Å². The van der Waals surface area contributed by atoms with Crippen LogP contribution in [0.3, 0.4) is 0 Å². The molecule has 162 valence electrons. The molecule has 0 radical (unpaired) electrons. The molecule has 0 fully saturated rings. The summed E-state index contributed by atoms with van der Waals surface area (Å²) in [5, 5.41) is 6.88. The molecule has 0 spiro atoms. The minimum Gasteiger partial charge on any atom is -0.359 e. The number of carbonyl (C=O) groups excluding carboxylic acids is 1. The van der Waals surface area contributed by atoms with Crippen LogP contribution in [-0.4, -0.2) is 26.0 Å². The molecule has 0 saturated carbocycles. The Labute approximate surface area is 190 Å². The van der Waals surface area contributed by atoms with Gasteiger partial charge in [-0.2, -0.15) is 0 Å². The van der Waals surface area contributed by atoms with Crippen molar-refractivity contribution in [2.75, 3.05) is 10.8 Å². The van der Waals surface area contributed by atoms with Crippen molar-refractivity contribution in [1.29, 1.82) is 0 Å². The fourth-order valence-electron chi connectivity index (χ4n) is 2.80. The number of rotatable bonds is 8. The number of nitrogens with zero attached hydrogens (tertiary/aromatic N) is 2. The Hall–Kier alpha value is -2.81. The van der Waals surface area contributed by atoms with Crippen molar-refractivity contribution in [1.82, 2.24) is 10.5 Å². The Kier molecular flexibility index (Phi) is 7.04. The minimum atomic E-state index is -4.10. The monoisotopic (exact) mass is 479 g/mol. The van der Waals surface area contributed by atoms with Crippen molar-refractivity contribution in [2.24, 2.45) is 0 Å². The average molecular weight is 480 g/mol. The van der Waals surface area contributed by atoms with E-state index < -0.39 is 15.9 Å². The Balaban J connectivity index is 1.91. The van der Waals surface area contributed by atoms with Crippen LogP contribution in [0, 0.1) is 6.92 Å². The van der Waals surface area contributed by atoms with Crippen LogP contribution in [-0.2, 0) is 16.6 Å². The molecule has 3 rings (SSSR count). The SMILES string of the molecule is C=CCN(c1ccc(Cl)cc1)S(=O)(=O)c1cc(C(=O)NCc2cc(C)no2)ccc1Cl. The number of halogens is 2. The Bertz CT molecular complexity index is 1210. The van der Waals surface area contributed by atoms with E-state index in [1.807, 2.05) is 0 Å². The number of nitrogens with one attached hydrogen (secondary N) is 1. The molecule has 1 N–H and O–H groups in total. The van der Waals surface area contributed by atoms with Gasteiger partial charge in [0.2, 0.25) is 0 Å². The van der Waals surface area contributed by atoms with E-state index in [-0.39, 0.29) is 28.6 Å². The molecule has 0 unspecified atom stereocenters. The van der Waals surface area contributed by atoms with Gasteiger partial charge in [0.25, 0.3) is 15.9 Å². The molecular weight excluding hydrogens is 461 g/mol. The Morgan fingerprint density at radius 2 is 1.90 bits per heavy atom. The summed E-state index contributed by atoms with van der Waals surface area (Å²) in [5.41, 5.74) is 1.21. The zero-order valence-electron chi connectivity index (χ0n) is 16.5. The predicted octanol–water partition coefficient (Wildman–Crippen LogP) is 4.60. The van der Waals surface area contributed by atoms with E-state index in [0.29, 0.717) is 22.2 Å². The molecule has 31 heavy (non-hydrogen) atoms. The van der Waals surface area contributed by atoms with Gasteiger partial charge in [-0.25, -0.2) is 8.42 Å². The highest BCUT2D eigenvalue weighted by Gasteiger charge is 2.27. The van der Waals surface area contributed by atoms with E-state index >= 15 is 0 Å². The second kappa shape index (κ2) is 9.55. The third kappa shape index (κ3) is 5.28. The van der Waals surface area contributed by atoms with Gasteiger partial charge in [-0.05, 0) is 49.4 Å². The summed E-state index contributed by atoms with van der Waals surface area (Å²) in [6.07, 6.45) is 1.45. The first-order valence-electron chi connectivity index (χ1n) is 9.11. The predicted molar refractivity (Wildman–Crippen MR) is 120 cm³/mol. The van der Waals surface area contributed by atoms with Crippen LogP contribution in [0.4, 0.5) is 5.69 Å². The first-order chi connectivity index (χ1) is 14.7. The van der Waals surface area contributed by atoms with E-state index in [4.69, 9.17) is 27.7 Å². The Morgan fingerprint density at radius 1 is 1.19 bits per heavy atom.